The summed E-state index contributed by atoms with van der Waals surface area (Å²) in [6.45, 7) is 0. The summed E-state index contributed by atoms with van der Waals surface area (Å²) >= 11 is 0. The SMILES string of the molecule is COc1ccc(NC(=O)CC(=O)NN=Cc2ccc(O)cc2)cc1. The molecule has 7 nitrogen and oxygen atoms in total. The molecule has 3 N–H and O–H groups in total. The normalized spacial score (nSPS) is 10.4. The highest BCUT2D eigenvalue weighted by Gasteiger charge is 2.09. The number of carbonyl (C=O) groups is 2. The highest BCUT2D eigenvalue weighted by atomic mass is 16.5. The van der Waals surface area contributed by atoms with Gasteiger partial charge in [-0.3, -0.25) is 9.59 Å². The molecule has 0 aliphatic heterocycles. The first kappa shape index (κ1) is 17.0. The lowest BCUT2D eigenvalue weighted by Gasteiger charge is -2.05. The van der Waals surface area contributed by atoms with Crippen molar-refractivity contribution < 1.29 is 19.4 Å². The van der Waals surface area contributed by atoms with Crippen LogP contribution in [0.3, 0.4) is 0 Å². The van der Waals surface area contributed by atoms with E-state index in [-0.39, 0.29) is 12.2 Å². The molecule has 0 fully saturated rings. The molecular weight excluding hydrogens is 310 g/mol. The van der Waals surface area contributed by atoms with E-state index in [9.17, 15) is 9.59 Å². The molecule has 124 valence electrons. The van der Waals surface area contributed by atoms with Crippen LogP contribution >= 0.6 is 0 Å². The third-order valence-corrected chi connectivity index (χ3v) is 2.99. The fourth-order valence-electron chi connectivity index (χ4n) is 1.80. The number of hydrazone groups is 1. The van der Waals surface area contributed by atoms with Crippen molar-refractivity contribution in [3.63, 3.8) is 0 Å². The number of nitrogens with zero attached hydrogens (tertiary/aromatic N) is 1. The van der Waals surface area contributed by atoms with Crippen LogP contribution in [0, 0.1) is 0 Å². The fraction of sp³-hybridized carbons (Fsp3) is 0.118. The number of amides is 2. The van der Waals surface area contributed by atoms with Crippen LogP contribution in [0.25, 0.3) is 0 Å². The van der Waals surface area contributed by atoms with Gasteiger partial charge in [0.15, 0.2) is 0 Å². The standard InChI is InChI=1S/C17H17N3O4/c1-24-15-8-4-13(5-9-15)19-16(22)10-17(23)20-18-11-12-2-6-14(21)7-3-12/h2-9,11,21H,10H2,1H3,(H,19,22)(H,20,23). The van der Waals surface area contributed by atoms with E-state index in [0.717, 1.165) is 0 Å². The number of methoxy groups -OCH3 is 1. The van der Waals surface area contributed by atoms with Gasteiger partial charge in [-0.05, 0) is 54.1 Å². The van der Waals surface area contributed by atoms with Crippen LogP contribution in [0.4, 0.5) is 5.69 Å². The average Bonchev–Trinajstić information content (AvgIpc) is 2.57. The lowest BCUT2D eigenvalue weighted by molar-refractivity contribution is -0.126. The molecule has 0 atom stereocenters. The Morgan fingerprint density at radius 3 is 2.38 bits per heavy atom. The van der Waals surface area contributed by atoms with E-state index >= 15 is 0 Å². The summed E-state index contributed by atoms with van der Waals surface area (Å²) in [5.74, 6) is -0.158. The van der Waals surface area contributed by atoms with E-state index < -0.39 is 11.8 Å². The molecular formula is C17H17N3O4. The van der Waals surface area contributed by atoms with Crippen LogP contribution in [-0.4, -0.2) is 30.2 Å². The molecule has 2 aromatic rings. The number of benzene rings is 2. The van der Waals surface area contributed by atoms with E-state index in [1.807, 2.05) is 0 Å². The number of ether oxygens (including phenoxy) is 1. The van der Waals surface area contributed by atoms with Crippen molar-refractivity contribution in [2.75, 3.05) is 12.4 Å². The van der Waals surface area contributed by atoms with E-state index in [4.69, 9.17) is 9.84 Å². The maximum Gasteiger partial charge on any atom is 0.249 e. The van der Waals surface area contributed by atoms with Gasteiger partial charge < -0.3 is 15.2 Å². The number of aromatic hydroxyl groups is 1. The molecule has 0 aliphatic carbocycles. The summed E-state index contributed by atoms with van der Waals surface area (Å²) < 4.78 is 5.02. The van der Waals surface area contributed by atoms with Gasteiger partial charge in [-0.2, -0.15) is 5.10 Å². The average molecular weight is 327 g/mol. The first-order valence-corrected chi connectivity index (χ1v) is 7.11. The third kappa shape index (κ3) is 5.45. The smallest absolute Gasteiger partial charge is 0.249 e. The Balaban J connectivity index is 1.78. The Morgan fingerprint density at radius 1 is 1.08 bits per heavy atom. The Labute approximate surface area is 139 Å². The number of phenols is 1. The second-order valence-corrected chi connectivity index (χ2v) is 4.84. The summed E-state index contributed by atoms with van der Waals surface area (Å²) in [6, 6.07) is 13.1. The van der Waals surface area contributed by atoms with Crippen LogP contribution in [0.2, 0.25) is 0 Å². The molecule has 7 heteroatoms. The molecule has 0 aromatic heterocycles. The predicted molar refractivity (Wildman–Crippen MR) is 90.1 cm³/mol. The summed E-state index contributed by atoms with van der Waals surface area (Å²) in [7, 11) is 1.55. The minimum atomic E-state index is -0.531. The molecule has 0 spiro atoms. The van der Waals surface area contributed by atoms with E-state index in [1.54, 1.807) is 43.5 Å². The van der Waals surface area contributed by atoms with E-state index in [0.29, 0.717) is 17.0 Å². The first-order chi connectivity index (χ1) is 11.6. The van der Waals surface area contributed by atoms with E-state index in [2.05, 4.69) is 15.8 Å². The molecule has 2 aromatic carbocycles. The molecule has 0 saturated heterocycles. The number of rotatable bonds is 6. The van der Waals surface area contributed by atoms with Gasteiger partial charge in [-0.25, -0.2) is 5.43 Å². The molecule has 24 heavy (non-hydrogen) atoms. The van der Waals surface area contributed by atoms with Gasteiger partial charge in [0.05, 0.1) is 13.3 Å². The van der Waals surface area contributed by atoms with Crippen molar-refractivity contribution in [3.05, 3.63) is 54.1 Å². The topological polar surface area (TPSA) is 100 Å². The van der Waals surface area contributed by atoms with Gasteiger partial charge >= 0.3 is 0 Å². The lowest BCUT2D eigenvalue weighted by Crippen LogP contribution is -2.24. The molecule has 2 amide bonds. The van der Waals surface area contributed by atoms with Gasteiger partial charge in [-0.15, -0.1) is 0 Å². The molecule has 0 bridgehead atoms. The maximum atomic E-state index is 11.8. The molecule has 0 saturated carbocycles. The number of nitrogens with one attached hydrogen (secondary N) is 2. The van der Waals surface area contributed by atoms with Crippen molar-refractivity contribution in [2.45, 2.75) is 6.42 Å². The van der Waals surface area contributed by atoms with Gasteiger partial charge in [0.2, 0.25) is 11.8 Å². The minimum absolute atomic E-state index is 0.145. The number of carbonyl (C=O) groups excluding carboxylic acids is 2. The Morgan fingerprint density at radius 2 is 1.75 bits per heavy atom. The Bertz CT molecular complexity index is 725. The predicted octanol–water partition coefficient (Wildman–Crippen LogP) is 1.88. The minimum Gasteiger partial charge on any atom is -0.508 e. The second kappa shape index (κ2) is 8.33. The summed E-state index contributed by atoms with van der Waals surface area (Å²) in [5, 5.41) is 15.5. The Hall–Kier alpha value is -3.35. The zero-order valence-electron chi connectivity index (χ0n) is 13.0. The Kier molecular flexibility index (Phi) is 5.90. The zero-order valence-corrected chi connectivity index (χ0v) is 13.0. The summed E-state index contributed by atoms with van der Waals surface area (Å²) in [6.07, 6.45) is 1.07. The number of hydrogen-bond donors (Lipinski definition) is 3. The van der Waals surface area contributed by atoms with Crippen molar-refractivity contribution >= 4 is 23.7 Å². The first-order valence-electron chi connectivity index (χ1n) is 7.11. The molecule has 0 radical (unpaired) electrons. The number of hydrogen-bond acceptors (Lipinski definition) is 5. The van der Waals surface area contributed by atoms with Gasteiger partial charge in [0.25, 0.3) is 0 Å². The quantitative estimate of drug-likeness (QED) is 0.428. The molecule has 2 rings (SSSR count). The van der Waals surface area contributed by atoms with Crippen molar-refractivity contribution in [2.24, 2.45) is 5.10 Å². The number of anilines is 1. The highest BCUT2D eigenvalue weighted by molar-refractivity contribution is 6.03. The zero-order chi connectivity index (χ0) is 17.4. The number of phenolic OH excluding ortho intramolecular Hbond substituents is 1. The van der Waals surface area contributed by atoms with Crippen LogP contribution < -0.4 is 15.5 Å². The monoisotopic (exact) mass is 327 g/mol. The van der Waals surface area contributed by atoms with Gasteiger partial charge in [0, 0.05) is 5.69 Å². The summed E-state index contributed by atoms with van der Waals surface area (Å²) in [4.78, 5) is 23.4. The van der Waals surface area contributed by atoms with Crippen LogP contribution in [0.15, 0.2) is 53.6 Å². The van der Waals surface area contributed by atoms with Crippen LogP contribution in [0.5, 0.6) is 11.5 Å². The van der Waals surface area contributed by atoms with Gasteiger partial charge in [-0.1, -0.05) is 0 Å². The van der Waals surface area contributed by atoms with Crippen molar-refractivity contribution in [1.29, 1.82) is 0 Å². The van der Waals surface area contributed by atoms with Crippen LogP contribution in [-0.2, 0) is 9.59 Å². The van der Waals surface area contributed by atoms with Gasteiger partial charge in [0.1, 0.15) is 17.9 Å². The van der Waals surface area contributed by atoms with Crippen molar-refractivity contribution in [1.82, 2.24) is 5.43 Å². The lowest BCUT2D eigenvalue weighted by atomic mass is 10.2. The fourth-order valence-corrected chi connectivity index (χ4v) is 1.80. The molecule has 0 unspecified atom stereocenters. The van der Waals surface area contributed by atoms with E-state index in [1.165, 1.54) is 18.3 Å². The highest BCUT2D eigenvalue weighted by Crippen LogP contribution is 2.15. The third-order valence-electron chi connectivity index (χ3n) is 2.99. The second-order valence-electron chi connectivity index (χ2n) is 4.84. The van der Waals surface area contributed by atoms with Crippen LogP contribution in [0.1, 0.15) is 12.0 Å². The summed E-state index contributed by atoms with van der Waals surface area (Å²) in [5.41, 5.74) is 3.54. The largest absolute Gasteiger partial charge is 0.508 e. The molecule has 0 aliphatic rings. The van der Waals surface area contributed by atoms with Crippen molar-refractivity contribution in [3.8, 4) is 11.5 Å². The maximum absolute atomic E-state index is 11.8. The molecule has 0 heterocycles.